The lowest BCUT2D eigenvalue weighted by Crippen LogP contribution is -1.88. The highest BCUT2D eigenvalue weighted by Gasteiger charge is 2.16. The molecular weight excluding hydrogens is 873 g/mol. The second-order valence-corrected chi connectivity index (χ2v) is 20.2. The maximum Gasteiger partial charge on any atom is 0.0434 e. The van der Waals surface area contributed by atoms with E-state index >= 15 is 0 Å². The van der Waals surface area contributed by atoms with Crippen LogP contribution in [0, 0.1) is 0 Å². The summed E-state index contributed by atoms with van der Waals surface area (Å²) in [6.45, 7) is 0. The fraction of sp³-hybridized carbons (Fsp3) is 0. The molecular formula is C70H42S. The molecule has 0 bridgehead atoms. The minimum absolute atomic E-state index is 1.20. The van der Waals surface area contributed by atoms with Crippen molar-refractivity contribution < 1.29 is 0 Å². The third kappa shape index (κ3) is 6.51. The highest BCUT2D eigenvalue weighted by Crippen LogP contribution is 2.45. The van der Waals surface area contributed by atoms with Crippen LogP contribution in [0.15, 0.2) is 255 Å². The Bertz CT molecular complexity index is 4690. The fourth-order valence-electron chi connectivity index (χ4n) is 11.7. The van der Waals surface area contributed by atoms with Crippen molar-refractivity contribution in [1.29, 1.82) is 0 Å². The van der Waals surface area contributed by atoms with E-state index in [2.05, 4.69) is 255 Å². The first kappa shape index (κ1) is 40.0. The van der Waals surface area contributed by atoms with E-state index in [1.54, 1.807) is 0 Å². The van der Waals surface area contributed by atoms with Gasteiger partial charge in [-0.3, -0.25) is 0 Å². The Balaban J connectivity index is 0.802. The standard InChI is InChI=1S/C70H42S/c1-2-10-43(11-3-1)53-39-54(41-55(40-53)48-24-30-60-52(38-48)27-34-63-57-16-7-5-13-45(57)21-32-65(60)63)47-23-29-58-50(37-47)14-8-17-61(58)67-18-9-19-68-66-35-25-49(42-69(66)71-70(67)68)46-22-28-59-51(36-46)26-33-62-56-15-6-4-12-44(56)20-31-64(59)62/h1-42H. The smallest absolute Gasteiger partial charge is 0.0434 e. The minimum Gasteiger partial charge on any atom is -0.135 e. The predicted octanol–water partition coefficient (Wildman–Crippen LogP) is 20.5. The highest BCUT2D eigenvalue weighted by molar-refractivity contribution is 7.26. The van der Waals surface area contributed by atoms with Gasteiger partial charge in [-0.15, -0.1) is 11.3 Å². The second-order valence-electron chi connectivity index (χ2n) is 19.2. The van der Waals surface area contributed by atoms with E-state index in [0.717, 1.165) is 0 Å². The summed E-state index contributed by atoms with van der Waals surface area (Å²) in [6, 6.07) is 95.2. The molecule has 0 saturated carbocycles. The Morgan fingerprint density at radius 2 is 0.577 bits per heavy atom. The topological polar surface area (TPSA) is 0 Å². The molecule has 0 spiro atoms. The Kier molecular flexibility index (Phi) is 8.93. The van der Waals surface area contributed by atoms with Gasteiger partial charge in [-0.25, -0.2) is 0 Å². The number of rotatable bonds is 5. The fourth-order valence-corrected chi connectivity index (χ4v) is 12.9. The molecule has 0 fully saturated rings. The van der Waals surface area contributed by atoms with Crippen molar-refractivity contribution in [3.63, 3.8) is 0 Å². The summed E-state index contributed by atoms with van der Waals surface area (Å²) in [5, 5.41) is 20.5. The van der Waals surface area contributed by atoms with Gasteiger partial charge in [0.25, 0.3) is 0 Å². The zero-order valence-corrected chi connectivity index (χ0v) is 39.5. The quantitative estimate of drug-likeness (QED) is 0.151. The maximum atomic E-state index is 2.40. The van der Waals surface area contributed by atoms with Crippen LogP contribution in [0.5, 0.6) is 0 Å². The van der Waals surface area contributed by atoms with Crippen molar-refractivity contribution in [2.75, 3.05) is 0 Å². The molecule has 0 aliphatic heterocycles. The zero-order valence-electron chi connectivity index (χ0n) is 38.7. The van der Waals surface area contributed by atoms with Gasteiger partial charge in [0.15, 0.2) is 0 Å². The van der Waals surface area contributed by atoms with E-state index in [9.17, 15) is 0 Å². The third-order valence-corrected chi connectivity index (χ3v) is 16.4. The van der Waals surface area contributed by atoms with Gasteiger partial charge < -0.3 is 0 Å². The molecule has 0 N–H and O–H groups in total. The van der Waals surface area contributed by atoms with Crippen molar-refractivity contribution >= 4 is 107 Å². The van der Waals surface area contributed by atoms with E-state index in [4.69, 9.17) is 0 Å². The molecule has 15 rings (SSSR count). The summed E-state index contributed by atoms with van der Waals surface area (Å²) in [4.78, 5) is 0. The first-order valence-electron chi connectivity index (χ1n) is 24.5. The molecule has 0 unspecified atom stereocenters. The Hall–Kier alpha value is -8.88. The number of hydrogen-bond donors (Lipinski definition) is 0. The summed E-state index contributed by atoms with van der Waals surface area (Å²) in [6.07, 6.45) is 0. The lowest BCUT2D eigenvalue weighted by Gasteiger charge is -2.14. The van der Waals surface area contributed by atoms with E-state index in [-0.39, 0.29) is 0 Å². The summed E-state index contributed by atoms with van der Waals surface area (Å²) in [7, 11) is 0. The number of benzene rings is 14. The molecule has 71 heavy (non-hydrogen) atoms. The van der Waals surface area contributed by atoms with E-state index < -0.39 is 0 Å². The van der Waals surface area contributed by atoms with Crippen LogP contribution in [0.25, 0.3) is 151 Å². The molecule has 328 valence electrons. The first-order valence-corrected chi connectivity index (χ1v) is 25.4. The van der Waals surface area contributed by atoms with Gasteiger partial charge in [0.05, 0.1) is 0 Å². The normalized spacial score (nSPS) is 11.9. The molecule has 0 nitrogen and oxygen atoms in total. The largest absolute Gasteiger partial charge is 0.135 e. The van der Waals surface area contributed by atoms with Crippen molar-refractivity contribution in [1.82, 2.24) is 0 Å². The molecule has 0 aliphatic rings. The molecule has 0 amide bonds. The average molecular weight is 915 g/mol. The van der Waals surface area contributed by atoms with Crippen LogP contribution < -0.4 is 0 Å². The van der Waals surface area contributed by atoms with Crippen molar-refractivity contribution in [3.8, 4) is 55.6 Å². The van der Waals surface area contributed by atoms with E-state index in [1.807, 2.05) is 11.3 Å². The van der Waals surface area contributed by atoms with Crippen LogP contribution >= 0.6 is 11.3 Å². The van der Waals surface area contributed by atoms with E-state index in [0.29, 0.717) is 0 Å². The molecule has 1 heteroatoms. The van der Waals surface area contributed by atoms with Crippen LogP contribution in [-0.2, 0) is 0 Å². The molecule has 1 heterocycles. The van der Waals surface area contributed by atoms with Crippen LogP contribution in [-0.4, -0.2) is 0 Å². The number of hydrogen-bond acceptors (Lipinski definition) is 1. The van der Waals surface area contributed by atoms with Gasteiger partial charge in [0.2, 0.25) is 0 Å². The van der Waals surface area contributed by atoms with Crippen molar-refractivity contribution in [2.24, 2.45) is 0 Å². The van der Waals surface area contributed by atoms with Crippen LogP contribution in [0.3, 0.4) is 0 Å². The summed E-state index contributed by atoms with van der Waals surface area (Å²) in [5.74, 6) is 0. The van der Waals surface area contributed by atoms with Gasteiger partial charge in [0.1, 0.15) is 0 Å². The summed E-state index contributed by atoms with van der Waals surface area (Å²) in [5.41, 5.74) is 12.3. The Labute approximate surface area is 414 Å². The molecule has 1 aromatic heterocycles. The van der Waals surface area contributed by atoms with E-state index in [1.165, 1.54) is 151 Å². The van der Waals surface area contributed by atoms with Gasteiger partial charge in [0, 0.05) is 25.7 Å². The molecule has 15 aromatic rings. The van der Waals surface area contributed by atoms with Gasteiger partial charge in [-0.05, 0) is 168 Å². The molecule has 0 radical (unpaired) electrons. The maximum absolute atomic E-state index is 2.40. The minimum atomic E-state index is 1.20. The molecule has 0 atom stereocenters. The SMILES string of the molecule is c1ccc(-c2cc(-c3ccc4c(-c5cccc6c5sc5cc(-c7ccc8c(ccc9c%10ccccc%10ccc89)c7)ccc56)cccc4c3)cc(-c3ccc4c(ccc5c6ccccc6ccc45)c3)c2)cc1. The van der Waals surface area contributed by atoms with Crippen molar-refractivity contribution in [3.05, 3.63) is 255 Å². The predicted molar refractivity (Wildman–Crippen MR) is 309 cm³/mol. The molecule has 0 aliphatic carbocycles. The number of thiophene rings is 1. The summed E-state index contributed by atoms with van der Waals surface area (Å²) < 4.78 is 2.63. The Morgan fingerprint density at radius 1 is 0.183 bits per heavy atom. The lowest BCUT2D eigenvalue weighted by atomic mass is 9.90. The molecule has 0 saturated heterocycles. The van der Waals surface area contributed by atoms with Crippen LogP contribution in [0.2, 0.25) is 0 Å². The van der Waals surface area contributed by atoms with Gasteiger partial charge in [-0.1, -0.05) is 212 Å². The van der Waals surface area contributed by atoms with Crippen LogP contribution in [0.1, 0.15) is 0 Å². The van der Waals surface area contributed by atoms with Gasteiger partial charge >= 0.3 is 0 Å². The summed E-state index contributed by atoms with van der Waals surface area (Å²) >= 11 is 1.91. The average Bonchev–Trinajstić information content (AvgIpc) is 3.82. The third-order valence-electron chi connectivity index (χ3n) is 15.2. The lowest BCUT2D eigenvalue weighted by molar-refractivity contribution is 1.58. The van der Waals surface area contributed by atoms with Crippen LogP contribution in [0.4, 0.5) is 0 Å². The second kappa shape index (κ2) is 15.8. The monoisotopic (exact) mass is 914 g/mol. The Morgan fingerprint density at radius 3 is 1.18 bits per heavy atom. The first-order chi connectivity index (χ1) is 35.1. The molecule has 14 aromatic carbocycles. The zero-order chi connectivity index (χ0) is 46.6. The van der Waals surface area contributed by atoms with Crippen molar-refractivity contribution in [2.45, 2.75) is 0 Å². The highest BCUT2D eigenvalue weighted by atomic mass is 32.1. The van der Waals surface area contributed by atoms with Gasteiger partial charge in [-0.2, -0.15) is 0 Å². The number of fused-ring (bicyclic) bond motifs is 14.